The van der Waals surface area contributed by atoms with Gasteiger partial charge in [-0.3, -0.25) is 0 Å². The Balaban J connectivity index is 1.08. The minimum atomic E-state index is 0.865. The van der Waals surface area contributed by atoms with E-state index in [9.17, 15) is 0 Å². The van der Waals surface area contributed by atoms with Gasteiger partial charge in [0.05, 0.1) is 22.1 Å². The topological polar surface area (TPSA) is 31.8 Å². The zero-order valence-electron chi connectivity index (χ0n) is 27.5. The summed E-state index contributed by atoms with van der Waals surface area (Å²) < 4.78 is 4.81. The van der Waals surface area contributed by atoms with Crippen molar-refractivity contribution in [2.24, 2.45) is 0 Å². The Kier molecular flexibility index (Phi) is 8.57. The number of hydrogen-bond donors (Lipinski definition) is 2. The van der Waals surface area contributed by atoms with E-state index in [1.165, 1.54) is 118 Å². The molecular weight excluding hydrogens is 573 g/mol. The third kappa shape index (κ3) is 6.34. The van der Waals surface area contributed by atoms with Gasteiger partial charge in [0.2, 0.25) is 11.0 Å². The van der Waals surface area contributed by atoms with Gasteiger partial charge in [0.1, 0.15) is 0 Å². The molecule has 4 nitrogen and oxygen atoms in total. The largest absolute Gasteiger partial charge is 0.384 e. The van der Waals surface area contributed by atoms with Crippen LogP contribution in [0.15, 0.2) is 109 Å². The predicted molar refractivity (Wildman–Crippen MR) is 195 cm³/mol. The van der Waals surface area contributed by atoms with Crippen molar-refractivity contribution >= 4 is 33.2 Å². The van der Waals surface area contributed by atoms with Crippen LogP contribution in [0.25, 0.3) is 32.9 Å². The summed E-state index contributed by atoms with van der Waals surface area (Å²) in [5.74, 6) is 0. The second-order valence-electron chi connectivity index (χ2n) is 13.6. The van der Waals surface area contributed by atoms with Crippen LogP contribution in [-0.2, 0) is 19.5 Å². The van der Waals surface area contributed by atoms with Crippen molar-refractivity contribution in [3.05, 3.63) is 132 Å². The Hall–Kier alpha value is -4.70. The molecule has 0 fully saturated rings. The van der Waals surface area contributed by atoms with E-state index in [0.29, 0.717) is 0 Å². The average molecular weight is 619 g/mol. The van der Waals surface area contributed by atoms with Gasteiger partial charge in [-0.15, -0.1) is 0 Å². The zero-order valence-corrected chi connectivity index (χ0v) is 27.5. The van der Waals surface area contributed by atoms with Crippen LogP contribution in [0.3, 0.4) is 0 Å². The molecule has 0 spiro atoms. The number of benzene rings is 4. The van der Waals surface area contributed by atoms with Crippen LogP contribution < -0.4 is 19.8 Å². The first-order valence-electron chi connectivity index (χ1n) is 17.8. The maximum absolute atomic E-state index is 3.76. The molecule has 2 N–H and O–H groups in total. The Bertz CT molecular complexity index is 1900. The Morgan fingerprint density at radius 2 is 0.894 bits per heavy atom. The van der Waals surface area contributed by atoms with E-state index >= 15 is 0 Å². The van der Waals surface area contributed by atoms with E-state index in [-0.39, 0.29) is 0 Å². The van der Waals surface area contributed by atoms with E-state index in [1.54, 1.807) is 0 Å². The molecule has 0 unspecified atom stereocenters. The van der Waals surface area contributed by atoms with Crippen LogP contribution in [0.1, 0.15) is 73.6 Å². The van der Waals surface area contributed by atoms with Crippen molar-refractivity contribution < 1.29 is 9.13 Å². The number of hydrogen-bond acceptors (Lipinski definition) is 2. The molecule has 2 aromatic heterocycles. The first-order valence-corrected chi connectivity index (χ1v) is 17.8. The lowest BCUT2D eigenvalue weighted by Crippen LogP contribution is -2.35. The number of fused-ring (bicyclic) bond motifs is 14. The molecule has 4 heterocycles. The standard InChI is InChI=1S/C43H44N4/c1-2-4-6-12-24-45-41-22-26-47(43-16-10-8-14-39(41)43)31-33-18-20-37-35(28-33)29-34-27-32(17-19-36(34)37)30-46-25-21-40(44-23-11-5-3-1)38-13-7-9-15-42(38)46/h7-10,13-22,25-28H,1-6,11-12,23-24,29-31H2/p+2. The van der Waals surface area contributed by atoms with E-state index in [1.807, 2.05) is 0 Å². The van der Waals surface area contributed by atoms with E-state index in [0.717, 1.165) is 32.6 Å². The van der Waals surface area contributed by atoms with Crippen LogP contribution in [0, 0.1) is 0 Å². The monoisotopic (exact) mass is 618 g/mol. The third-order valence-corrected chi connectivity index (χ3v) is 10.3. The van der Waals surface area contributed by atoms with Gasteiger partial charge in [-0.05, 0) is 65.8 Å². The summed E-state index contributed by atoms with van der Waals surface area (Å²) in [5.41, 5.74) is 13.4. The fourth-order valence-electron chi connectivity index (χ4n) is 7.82. The quantitative estimate of drug-likeness (QED) is 0.166. The summed E-state index contributed by atoms with van der Waals surface area (Å²) >= 11 is 0. The number of rotatable bonds is 0. The van der Waals surface area contributed by atoms with Gasteiger partial charge in [0.15, 0.2) is 25.5 Å². The first-order chi connectivity index (χ1) is 23.3. The highest BCUT2D eigenvalue weighted by Crippen LogP contribution is 2.37. The molecule has 9 rings (SSSR count). The smallest absolute Gasteiger partial charge is 0.214 e. The molecule has 8 bridgehead atoms. The number of nitrogens with one attached hydrogen (secondary N) is 2. The maximum Gasteiger partial charge on any atom is 0.214 e. The van der Waals surface area contributed by atoms with Gasteiger partial charge in [0.25, 0.3) is 0 Å². The summed E-state index contributed by atoms with van der Waals surface area (Å²) in [4.78, 5) is 0. The third-order valence-electron chi connectivity index (χ3n) is 10.3. The van der Waals surface area contributed by atoms with E-state index in [4.69, 9.17) is 0 Å². The van der Waals surface area contributed by atoms with Crippen LogP contribution >= 0.6 is 0 Å². The minimum absolute atomic E-state index is 0.865. The molecule has 236 valence electrons. The van der Waals surface area contributed by atoms with Crippen molar-refractivity contribution in [1.82, 2.24) is 0 Å². The second kappa shape index (κ2) is 13.6. The van der Waals surface area contributed by atoms with Gasteiger partial charge in [0, 0.05) is 48.5 Å². The number of para-hydroxylation sites is 2. The molecule has 2 aliphatic heterocycles. The summed E-state index contributed by atoms with van der Waals surface area (Å²) in [5, 5.41) is 10.1. The molecule has 1 aliphatic carbocycles. The molecule has 0 amide bonds. The molecule has 3 aliphatic rings. The molecule has 0 atom stereocenters. The lowest BCUT2D eigenvalue weighted by molar-refractivity contribution is -0.662. The molecule has 4 aromatic carbocycles. The molecule has 0 radical (unpaired) electrons. The molecule has 0 saturated carbocycles. The maximum atomic E-state index is 3.76. The predicted octanol–water partition coefficient (Wildman–Crippen LogP) is 9.19. The van der Waals surface area contributed by atoms with Crippen molar-refractivity contribution in [3.8, 4) is 11.1 Å². The van der Waals surface area contributed by atoms with Crippen molar-refractivity contribution in [2.75, 3.05) is 23.7 Å². The Morgan fingerprint density at radius 1 is 0.447 bits per heavy atom. The Morgan fingerprint density at radius 3 is 1.38 bits per heavy atom. The lowest BCUT2D eigenvalue weighted by Gasteiger charge is -2.11. The number of nitrogens with zero attached hydrogens (tertiary/aromatic N) is 2. The van der Waals surface area contributed by atoms with Gasteiger partial charge in [-0.2, -0.15) is 9.13 Å². The average Bonchev–Trinajstić information content (AvgIpc) is 3.47. The molecular formula is C43H46N4+2. The number of aromatic nitrogens is 2. The normalized spacial score (nSPS) is 15.7. The fraction of sp³-hybridized carbons (Fsp3) is 0.302. The highest BCUT2D eigenvalue weighted by molar-refractivity contribution is 5.89. The fourth-order valence-corrected chi connectivity index (χ4v) is 7.82. The number of anilines is 2. The van der Waals surface area contributed by atoms with Crippen molar-refractivity contribution in [2.45, 2.75) is 70.9 Å². The van der Waals surface area contributed by atoms with Crippen LogP contribution in [0.4, 0.5) is 11.4 Å². The van der Waals surface area contributed by atoms with Crippen LogP contribution in [-0.4, -0.2) is 13.1 Å². The van der Waals surface area contributed by atoms with Gasteiger partial charge in [-0.25, -0.2) is 0 Å². The Labute approximate surface area is 279 Å². The molecule has 47 heavy (non-hydrogen) atoms. The zero-order chi connectivity index (χ0) is 31.4. The SMILES string of the molecule is c1ccc2c(c1)c1cc[n+]2Cc2ccc3c(c2)Cc2cc(ccc2-3)C[n+]2ccc(c3ccccc32)NCCCCCCCCCCN1. The molecule has 0 saturated heterocycles. The van der Waals surface area contributed by atoms with Gasteiger partial charge >= 0.3 is 0 Å². The van der Waals surface area contributed by atoms with Crippen LogP contribution in [0.5, 0.6) is 0 Å². The lowest BCUT2D eigenvalue weighted by atomic mass is 10.0. The van der Waals surface area contributed by atoms with Crippen LogP contribution in [0.2, 0.25) is 0 Å². The highest BCUT2D eigenvalue weighted by atomic mass is 15.0. The van der Waals surface area contributed by atoms with Gasteiger partial charge in [-0.1, -0.05) is 87.1 Å². The summed E-state index contributed by atoms with van der Waals surface area (Å²) in [6.45, 7) is 3.79. The summed E-state index contributed by atoms with van der Waals surface area (Å²) in [6.07, 6.45) is 15.9. The van der Waals surface area contributed by atoms with Crippen molar-refractivity contribution in [3.63, 3.8) is 0 Å². The molecule has 6 aromatic rings. The van der Waals surface area contributed by atoms with E-state index < -0.39 is 0 Å². The first kappa shape index (κ1) is 29.7. The highest BCUT2D eigenvalue weighted by Gasteiger charge is 2.22. The van der Waals surface area contributed by atoms with Crippen molar-refractivity contribution in [1.29, 1.82) is 0 Å². The second-order valence-corrected chi connectivity index (χ2v) is 13.6. The van der Waals surface area contributed by atoms with Gasteiger partial charge < -0.3 is 10.6 Å². The molecule has 4 heteroatoms. The minimum Gasteiger partial charge on any atom is -0.384 e. The number of pyridine rings is 2. The summed E-state index contributed by atoms with van der Waals surface area (Å²) in [7, 11) is 0. The van der Waals surface area contributed by atoms with E-state index in [2.05, 4.69) is 129 Å². The summed E-state index contributed by atoms with van der Waals surface area (Å²) in [6, 6.07) is 36.5.